The fourth-order valence-corrected chi connectivity index (χ4v) is 2.26. The number of imidazole rings is 1. The normalized spacial score (nSPS) is 17.9. The second kappa shape index (κ2) is 3.73. The molecule has 0 fully saturated rings. The van der Waals surface area contributed by atoms with Crippen molar-refractivity contribution in [3.8, 4) is 0 Å². The number of nitrogens with zero attached hydrogens (tertiary/aromatic N) is 2. The van der Waals surface area contributed by atoms with Crippen LogP contribution in [0.4, 0.5) is 0 Å². The summed E-state index contributed by atoms with van der Waals surface area (Å²) in [7, 11) is 0. The van der Waals surface area contributed by atoms with Gasteiger partial charge >= 0.3 is 0 Å². The first-order valence-corrected chi connectivity index (χ1v) is 5.50. The molecule has 0 spiro atoms. The van der Waals surface area contributed by atoms with Crippen LogP contribution in [0.1, 0.15) is 42.9 Å². The molecule has 14 heavy (non-hydrogen) atoms. The molecule has 0 radical (unpaired) electrons. The minimum atomic E-state index is 0.406. The van der Waals surface area contributed by atoms with Gasteiger partial charge in [-0.05, 0) is 26.2 Å². The summed E-state index contributed by atoms with van der Waals surface area (Å²) in [6.45, 7) is 6.10. The number of hydrogen-bond acceptors (Lipinski definition) is 2. The summed E-state index contributed by atoms with van der Waals surface area (Å²) < 4.78 is 2.37. The van der Waals surface area contributed by atoms with E-state index in [0.717, 1.165) is 12.4 Å². The SMILES string of the molecule is Cc1nc(C(C)CN)c2n1CCCC2. The summed E-state index contributed by atoms with van der Waals surface area (Å²) in [5, 5.41) is 0. The maximum Gasteiger partial charge on any atom is 0.106 e. The molecule has 3 heteroatoms. The topological polar surface area (TPSA) is 43.8 Å². The van der Waals surface area contributed by atoms with Crippen LogP contribution < -0.4 is 5.73 Å². The lowest BCUT2D eigenvalue weighted by molar-refractivity contribution is 0.517. The van der Waals surface area contributed by atoms with Crippen molar-refractivity contribution in [2.24, 2.45) is 5.73 Å². The minimum Gasteiger partial charge on any atom is -0.332 e. The van der Waals surface area contributed by atoms with Gasteiger partial charge in [-0.2, -0.15) is 0 Å². The van der Waals surface area contributed by atoms with Crippen molar-refractivity contribution in [1.29, 1.82) is 0 Å². The Morgan fingerprint density at radius 1 is 1.50 bits per heavy atom. The van der Waals surface area contributed by atoms with Crippen LogP contribution in [0.25, 0.3) is 0 Å². The molecule has 2 heterocycles. The van der Waals surface area contributed by atoms with Crippen LogP contribution in [0.15, 0.2) is 0 Å². The third-order valence-corrected chi connectivity index (χ3v) is 3.16. The highest BCUT2D eigenvalue weighted by Crippen LogP contribution is 2.25. The van der Waals surface area contributed by atoms with Crippen LogP contribution >= 0.6 is 0 Å². The first-order valence-electron chi connectivity index (χ1n) is 5.50. The number of fused-ring (bicyclic) bond motifs is 1. The van der Waals surface area contributed by atoms with Gasteiger partial charge in [0, 0.05) is 24.7 Å². The molecule has 1 atom stereocenters. The fraction of sp³-hybridized carbons (Fsp3) is 0.727. The Morgan fingerprint density at radius 3 is 3.00 bits per heavy atom. The second-order valence-electron chi connectivity index (χ2n) is 4.24. The van der Waals surface area contributed by atoms with Crippen LogP contribution in [0.3, 0.4) is 0 Å². The molecule has 1 aromatic rings. The number of rotatable bonds is 2. The average molecular weight is 193 g/mol. The van der Waals surface area contributed by atoms with Gasteiger partial charge in [-0.1, -0.05) is 6.92 Å². The van der Waals surface area contributed by atoms with E-state index in [1.54, 1.807) is 0 Å². The lowest BCUT2D eigenvalue weighted by Crippen LogP contribution is -2.15. The van der Waals surface area contributed by atoms with E-state index in [-0.39, 0.29) is 0 Å². The Labute approximate surface area is 85.3 Å². The van der Waals surface area contributed by atoms with E-state index in [2.05, 4.69) is 23.4 Å². The van der Waals surface area contributed by atoms with E-state index in [1.807, 2.05) is 0 Å². The zero-order valence-corrected chi connectivity index (χ0v) is 9.08. The van der Waals surface area contributed by atoms with E-state index >= 15 is 0 Å². The van der Waals surface area contributed by atoms with Gasteiger partial charge in [0.15, 0.2) is 0 Å². The Kier molecular flexibility index (Phi) is 2.59. The molecular formula is C11H19N3. The molecule has 0 bridgehead atoms. The zero-order chi connectivity index (χ0) is 10.1. The second-order valence-corrected chi connectivity index (χ2v) is 4.24. The van der Waals surface area contributed by atoms with Gasteiger partial charge in [-0.3, -0.25) is 0 Å². The Bertz CT molecular complexity index is 328. The summed E-state index contributed by atoms with van der Waals surface area (Å²) in [6.07, 6.45) is 3.77. The third kappa shape index (κ3) is 1.46. The highest BCUT2D eigenvalue weighted by molar-refractivity contribution is 5.22. The zero-order valence-electron chi connectivity index (χ0n) is 9.08. The quantitative estimate of drug-likeness (QED) is 0.775. The molecule has 0 aliphatic carbocycles. The van der Waals surface area contributed by atoms with Crippen LogP contribution in [-0.2, 0) is 13.0 Å². The van der Waals surface area contributed by atoms with Crippen LogP contribution in [0.5, 0.6) is 0 Å². The summed E-state index contributed by atoms with van der Waals surface area (Å²) in [5.74, 6) is 1.57. The molecule has 1 aliphatic heterocycles. The summed E-state index contributed by atoms with van der Waals surface area (Å²) in [4.78, 5) is 4.65. The van der Waals surface area contributed by atoms with Crippen molar-refractivity contribution in [2.75, 3.05) is 6.54 Å². The van der Waals surface area contributed by atoms with Crippen molar-refractivity contribution in [3.05, 3.63) is 17.2 Å². The molecule has 1 aliphatic rings. The van der Waals surface area contributed by atoms with Gasteiger partial charge in [0.2, 0.25) is 0 Å². The lowest BCUT2D eigenvalue weighted by atomic mass is 10.0. The van der Waals surface area contributed by atoms with Crippen molar-refractivity contribution < 1.29 is 0 Å². The molecule has 0 saturated carbocycles. The molecule has 1 aromatic heterocycles. The van der Waals surface area contributed by atoms with Gasteiger partial charge in [0.1, 0.15) is 5.82 Å². The van der Waals surface area contributed by atoms with Gasteiger partial charge < -0.3 is 10.3 Å². The first-order chi connectivity index (χ1) is 6.74. The molecule has 3 nitrogen and oxygen atoms in total. The van der Waals surface area contributed by atoms with Gasteiger partial charge in [-0.15, -0.1) is 0 Å². The Balaban J connectivity index is 2.41. The largest absolute Gasteiger partial charge is 0.332 e. The van der Waals surface area contributed by atoms with Gasteiger partial charge in [-0.25, -0.2) is 4.98 Å². The van der Waals surface area contributed by atoms with Crippen LogP contribution in [0.2, 0.25) is 0 Å². The number of hydrogen-bond donors (Lipinski definition) is 1. The van der Waals surface area contributed by atoms with E-state index in [9.17, 15) is 0 Å². The maximum absolute atomic E-state index is 5.70. The van der Waals surface area contributed by atoms with Crippen LogP contribution in [0, 0.1) is 6.92 Å². The predicted octanol–water partition coefficient (Wildman–Crippen LogP) is 1.59. The van der Waals surface area contributed by atoms with Crippen LogP contribution in [-0.4, -0.2) is 16.1 Å². The number of nitrogens with two attached hydrogens (primary N) is 1. The standard InChI is InChI=1S/C11H19N3/c1-8(7-12)11-10-5-3-4-6-14(10)9(2)13-11/h8H,3-7,12H2,1-2H3. The van der Waals surface area contributed by atoms with E-state index in [4.69, 9.17) is 5.73 Å². The highest BCUT2D eigenvalue weighted by atomic mass is 15.1. The average Bonchev–Trinajstić information content (AvgIpc) is 2.56. The van der Waals surface area contributed by atoms with E-state index in [0.29, 0.717) is 12.5 Å². The minimum absolute atomic E-state index is 0.406. The highest BCUT2D eigenvalue weighted by Gasteiger charge is 2.20. The van der Waals surface area contributed by atoms with E-state index in [1.165, 1.54) is 30.7 Å². The predicted molar refractivity (Wildman–Crippen MR) is 57.4 cm³/mol. The molecular weight excluding hydrogens is 174 g/mol. The molecule has 0 amide bonds. The van der Waals surface area contributed by atoms with E-state index < -0.39 is 0 Å². The third-order valence-electron chi connectivity index (χ3n) is 3.16. The monoisotopic (exact) mass is 193 g/mol. The van der Waals surface area contributed by atoms with Gasteiger partial charge in [0.25, 0.3) is 0 Å². The molecule has 1 unspecified atom stereocenters. The van der Waals surface area contributed by atoms with Gasteiger partial charge in [0.05, 0.1) is 5.69 Å². The first kappa shape index (κ1) is 9.71. The summed E-state index contributed by atoms with van der Waals surface area (Å²) in [5.41, 5.74) is 8.37. The maximum atomic E-state index is 5.70. The molecule has 0 aromatic carbocycles. The summed E-state index contributed by atoms with van der Waals surface area (Å²) >= 11 is 0. The molecule has 0 saturated heterocycles. The van der Waals surface area contributed by atoms with Crippen molar-refractivity contribution in [1.82, 2.24) is 9.55 Å². The smallest absolute Gasteiger partial charge is 0.106 e. The Morgan fingerprint density at radius 2 is 2.29 bits per heavy atom. The van der Waals surface area contributed by atoms with Crippen molar-refractivity contribution >= 4 is 0 Å². The van der Waals surface area contributed by atoms with Crippen molar-refractivity contribution in [2.45, 2.75) is 45.6 Å². The summed E-state index contributed by atoms with van der Waals surface area (Å²) in [6, 6.07) is 0. The number of aromatic nitrogens is 2. The Hall–Kier alpha value is -0.830. The lowest BCUT2D eigenvalue weighted by Gasteiger charge is -2.17. The fourth-order valence-electron chi connectivity index (χ4n) is 2.26. The molecule has 2 rings (SSSR count). The van der Waals surface area contributed by atoms with Crippen molar-refractivity contribution in [3.63, 3.8) is 0 Å². The number of aryl methyl sites for hydroxylation is 1. The molecule has 78 valence electrons. The molecule has 2 N–H and O–H groups in total.